The predicted octanol–water partition coefficient (Wildman–Crippen LogP) is 4.14. The molecular formula is C18H17ClFN3O2S. The Bertz CT molecular complexity index is 1050. The summed E-state index contributed by atoms with van der Waals surface area (Å²) in [6.45, 7) is 3.65. The Morgan fingerprint density at radius 2 is 1.77 bits per heavy atom. The summed E-state index contributed by atoms with van der Waals surface area (Å²) in [6, 6.07) is 12.3. The van der Waals surface area contributed by atoms with E-state index in [4.69, 9.17) is 11.6 Å². The van der Waals surface area contributed by atoms with Gasteiger partial charge in [-0.2, -0.15) is 5.10 Å². The number of nitrogens with one attached hydrogen (secondary N) is 1. The lowest BCUT2D eigenvalue weighted by atomic mass is 10.2. The van der Waals surface area contributed by atoms with Gasteiger partial charge in [-0.3, -0.25) is 9.40 Å². The lowest BCUT2D eigenvalue weighted by Gasteiger charge is -2.09. The van der Waals surface area contributed by atoms with Gasteiger partial charge in [-0.1, -0.05) is 29.8 Å². The van der Waals surface area contributed by atoms with Gasteiger partial charge in [-0.25, -0.2) is 12.8 Å². The fourth-order valence-corrected chi connectivity index (χ4v) is 3.90. The molecule has 0 radical (unpaired) electrons. The first-order valence-electron chi connectivity index (χ1n) is 7.84. The molecule has 0 saturated heterocycles. The van der Waals surface area contributed by atoms with E-state index in [1.54, 1.807) is 36.7 Å². The Hall–Kier alpha value is -2.38. The third-order valence-corrected chi connectivity index (χ3v) is 5.64. The lowest BCUT2D eigenvalue weighted by molar-refractivity contribution is 0.579. The molecule has 0 bridgehead atoms. The van der Waals surface area contributed by atoms with E-state index in [9.17, 15) is 12.8 Å². The van der Waals surface area contributed by atoms with Gasteiger partial charge in [0.25, 0.3) is 10.0 Å². The number of hydrogen-bond donors (Lipinski definition) is 1. The number of sulfonamides is 1. The van der Waals surface area contributed by atoms with Crippen LogP contribution in [0.4, 0.5) is 10.1 Å². The maximum atomic E-state index is 13.9. The summed E-state index contributed by atoms with van der Waals surface area (Å²) in [5.41, 5.74) is 1.97. The Balaban J connectivity index is 1.91. The molecule has 1 heterocycles. The summed E-state index contributed by atoms with van der Waals surface area (Å²) in [7, 11) is -3.78. The van der Waals surface area contributed by atoms with Gasteiger partial charge >= 0.3 is 0 Å². The van der Waals surface area contributed by atoms with E-state index in [0.29, 0.717) is 27.7 Å². The number of rotatable bonds is 5. The third-order valence-electron chi connectivity index (χ3n) is 4.02. The number of halogens is 2. The topological polar surface area (TPSA) is 64.0 Å². The molecule has 1 aromatic heterocycles. The zero-order valence-corrected chi connectivity index (χ0v) is 15.8. The predicted molar refractivity (Wildman–Crippen MR) is 99.5 cm³/mol. The van der Waals surface area contributed by atoms with Gasteiger partial charge in [-0.05, 0) is 44.2 Å². The fourth-order valence-electron chi connectivity index (χ4n) is 2.59. The largest absolute Gasteiger partial charge is 0.276 e. The minimum Gasteiger partial charge on any atom is -0.276 e. The Kier molecular flexibility index (Phi) is 5.02. The van der Waals surface area contributed by atoms with E-state index >= 15 is 0 Å². The van der Waals surface area contributed by atoms with Crippen molar-refractivity contribution in [3.05, 3.63) is 76.3 Å². The highest BCUT2D eigenvalue weighted by molar-refractivity contribution is 7.92. The quantitative estimate of drug-likeness (QED) is 0.708. The van der Waals surface area contributed by atoms with Gasteiger partial charge in [0, 0.05) is 10.6 Å². The van der Waals surface area contributed by atoms with Crippen LogP contribution >= 0.6 is 11.6 Å². The maximum absolute atomic E-state index is 13.9. The van der Waals surface area contributed by atoms with Gasteiger partial charge in [0.15, 0.2) is 0 Å². The second kappa shape index (κ2) is 7.09. The molecular weight excluding hydrogens is 377 g/mol. The molecule has 0 aliphatic rings. The Morgan fingerprint density at radius 1 is 1.12 bits per heavy atom. The number of aromatic nitrogens is 2. The SMILES string of the molecule is Cc1nn(Cc2ccccc2F)c(C)c1NS(=O)(=O)c1ccc(Cl)cc1. The van der Waals surface area contributed by atoms with Crippen LogP contribution in [0, 0.1) is 19.7 Å². The van der Waals surface area contributed by atoms with Gasteiger partial charge in [0.05, 0.1) is 28.5 Å². The number of hydrogen-bond acceptors (Lipinski definition) is 3. The van der Waals surface area contributed by atoms with Crippen molar-refractivity contribution < 1.29 is 12.8 Å². The van der Waals surface area contributed by atoms with Crippen molar-refractivity contribution in [3.63, 3.8) is 0 Å². The molecule has 26 heavy (non-hydrogen) atoms. The van der Waals surface area contributed by atoms with Gasteiger partial charge in [0.2, 0.25) is 0 Å². The van der Waals surface area contributed by atoms with Crippen molar-refractivity contribution in [2.45, 2.75) is 25.3 Å². The van der Waals surface area contributed by atoms with Gasteiger partial charge in [-0.15, -0.1) is 0 Å². The summed E-state index contributed by atoms with van der Waals surface area (Å²) in [5.74, 6) is -0.330. The van der Waals surface area contributed by atoms with Crippen LogP contribution < -0.4 is 4.72 Å². The zero-order valence-electron chi connectivity index (χ0n) is 14.2. The van der Waals surface area contributed by atoms with Crippen LogP contribution in [-0.4, -0.2) is 18.2 Å². The van der Waals surface area contributed by atoms with Gasteiger partial charge < -0.3 is 0 Å². The first-order valence-corrected chi connectivity index (χ1v) is 9.70. The second-order valence-corrected chi connectivity index (χ2v) is 7.97. The third kappa shape index (κ3) is 3.73. The highest BCUT2D eigenvalue weighted by Crippen LogP contribution is 2.25. The van der Waals surface area contributed by atoms with Crippen molar-refractivity contribution >= 4 is 27.3 Å². The fraction of sp³-hybridized carbons (Fsp3) is 0.167. The van der Waals surface area contributed by atoms with E-state index in [-0.39, 0.29) is 17.3 Å². The van der Waals surface area contributed by atoms with E-state index in [0.717, 1.165) is 0 Å². The number of benzene rings is 2. The first kappa shape index (κ1) is 18.4. The van der Waals surface area contributed by atoms with Crippen LogP contribution in [0.1, 0.15) is 17.0 Å². The van der Waals surface area contributed by atoms with Crippen molar-refractivity contribution in [1.29, 1.82) is 0 Å². The maximum Gasteiger partial charge on any atom is 0.262 e. The standard InChI is InChI=1S/C18H17ClFN3O2S/c1-12-18(22-26(24,25)16-9-7-15(19)8-10-16)13(2)23(21-12)11-14-5-3-4-6-17(14)20/h3-10,22H,11H2,1-2H3. The molecule has 0 spiro atoms. The number of nitrogens with zero attached hydrogens (tertiary/aromatic N) is 2. The minimum atomic E-state index is -3.78. The van der Waals surface area contributed by atoms with Crippen LogP contribution in [0.3, 0.4) is 0 Å². The Labute approximate surface area is 156 Å². The van der Waals surface area contributed by atoms with E-state index in [2.05, 4.69) is 9.82 Å². The molecule has 0 aliphatic carbocycles. The molecule has 0 amide bonds. The number of anilines is 1. The van der Waals surface area contributed by atoms with Crippen molar-refractivity contribution in [2.24, 2.45) is 0 Å². The monoisotopic (exact) mass is 393 g/mol. The zero-order chi connectivity index (χ0) is 18.9. The second-order valence-electron chi connectivity index (χ2n) is 5.85. The van der Waals surface area contributed by atoms with Crippen LogP contribution in [-0.2, 0) is 16.6 Å². The van der Waals surface area contributed by atoms with Crippen LogP contribution in [0.25, 0.3) is 0 Å². The molecule has 0 saturated carbocycles. The molecule has 1 N–H and O–H groups in total. The summed E-state index contributed by atoms with van der Waals surface area (Å²) < 4.78 is 43.2. The van der Waals surface area contributed by atoms with Crippen LogP contribution in [0.2, 0.25) is 5.02 Å². The molecule has 0 atom stereocenters. The van der Waals surface area contributed by atoms with Crippen molar-refractivity contribution in [3.8, 4) is 0 Å². The van der Waals surface area contributed by atoms with Crippen LogP contribution in [0.15, 0.2) is 53.4 Å². The molecule has 136 valence electrons. The molecule has 2 aromatic carbocycles. The summed E-state index contributed by atoms with van der Waals surface area (Å²) >= 11 is 5.81. The Morgan fingerprint density at radius 3 is 2.42 bits per heavy atom. The number of aryl methyl sites for hydroxylation is 1. The molecule has 0 fully saturated rings. The van der Waals surface area contributed by atoms with Crippen LogP contribution in [0.5, 0.6) is 0 Å². The average molecular weight is 394 g/mol. The van der Waals surface area contributed by atoms with Gasteiger partial charge in [0.1, 0.15) is 5.82 Å². The van der Waals surface area contributed by atoms with E-state index in [1.165, 1.54) is 30.3 Å². The lowest BCUT2D eigenvalue weighted by Crippen LogP contribution is -2.14. The summed E-state index contributed by atoms with van der Waals surface area (Å²) in [5, 5.41) is 4.79. The smallest absolute Gasteiger partial charge is 0.262 e. The highest BCUT2D eigenvalue weighted by Gasteiger charge is 2.20. The molecule has 0 unspecified atom stereocenters. The molecule has 5 nitrogen and oxygen atoms in total. The summed E-state index contributed by atoms with van der Waals surface area (Å²) in [6.07, 6.45) is 0. The normalized spacial score (nSPS) is 11.5. The van der Waals surface area contributed by atoms with E-state index < -0.39 is 10.0 Å². The minimum absolute atomic E-state index is 0.0996. The first-order chi connectivity index (χ1) is 12.3. The van der Waals surface area contributed by atoms with Crippen molar-refractivity contribution in [1.82, 2.24) is 9.78 Å². The summed E-state index contributed by atoms with van der Waals surface area (Å²) in [4.78, 5) is 0.0996. The molecule has 0 aliphatic heterocycles. The molecule has 8 heteroatoms. The van der Waals surface area contributed by atoms with E-state index in [1.807, 2.05) is 0 Å². The molecule has 3 aromatic rings. The average Bonchev–Trinajstić information content (AvgIpc) is 2.84. The molecule has 3 rings (SSSR count). The highest BCUT2D eigenvalue weighted by atomic mass is 35.5. The van der Waals surface area contributed by atoms with Crippen molar-refractivity contribution in [2.75, 3.05) is 4.72 Å².